The lowest BCUT2D eigenvalue weighted by atomic mass is 10.3. The maximum absolute atomic E-state index is 10.4. The molecule has 13 heavy (non-hydrogen) atoms. The summed E-state index contributed by atoms with van der Waals surface area (Å²) in [5.41, 5.74) is 0.637. The largest absolute Gasteiger partial charge is 0.543 e. The number of thiophene rings is 1. The van der Waals surface area contributed by atoms with E-state index in [-0.39, 0.29) is 5.69 Å². The minimum atomic E-state index is -1.26. The molecule has 5 heteroatoms. The number of carboxylic acid groups (broad SMARTS) is 1. The average Bonchev–Trinajstić information content (AvgIpc) is 2.75. The van der Waals surface area contributed by atoms with Crippen LogP contribution in [0.15, 0.2) is 23.6 Å². The second kappa shape index (κ2) is 3.02. The predicted octanol–water partition coefficient (Wildman–Crippen LogP) is 0.502. The zero-order valence-corrected chi connectivity index (χ0v) is 7.30. The second-order valence-electron chi connectivity index (χ2n) is 2.43. The number of hydrogen-bond acceptors (Lipinski definition) is 4. The summed E-state index contributed by atoms with van der Waals surface area (Å²) in [4.78, 5) is 11.4. The van der Waals surface area contributed by atoms with Crippen molar-refractivity contribution < 1.29 is 9.90 Å². The van der Waals surface area contributed by atoms with Gasteiger partial charge in [-0.1, -0.05) is 6.07 Å². The van der Waals surface area contributed by atoms with Gasteiger partial charge < -0.3 is 9.90 Å². The minimum Gasteiger partial charge on any atom is -0.543 e. The Labute approximate surface area is 77.8 Å². The van der Waals surface area contributed by atoms with Crippen LogP contribution in [0.25, 0.3) is 10.6 Å². The standard InChI is InChI=1S/C8H6N2O2S/c11-8(12)6-4-5(9-10-6)7-2-1-3-13-7/h1-4H,(H,9,10)(H,11,12)/p-1. The van der Waals surface area contributed by atoms with Crippen LogP contribution in [0.3, 0.4) is 0 Å². The number of aromatic carboxylic acids is 1. The second-order valence-corrected chi connectivity index (χ2v) is 3.38. The van der Waals surface area contributed by atoms with E-state index in [1.807, 2.05) is 17.5 Å². The van der Waals surface area contributed by atoms with Gasteiger partial charge in [-0.05, 0) is 17.5 Å². The number of nitrogens with one attached hydrogen (secondary N) is 1. The molecule has 0 aliphatic carbocycles. The molecule has 0 fully saturated rings. The molecule has 0 bridgehead atoms. The molecule has 0 aliphatic rings. The third kappa shape index (κ3) is 1.46. The maximum atomic E-state index is 10.4. The van der Waals surface area contributed by atoms with Crippen molar-refractivity contribution in [3.8, 4) is 10.6 Å². The summed E-state index contributed by atoms with van der Waals surface area (Å²) in [6, 6.07) is 5.23. The Balaban J connectivity index is 2.39. The SMILES string of the molecule is O=C([O-])c1cc(-c2cccs2)[nH]n1. The summed E-state index contributed by atoms with van der Waals surface area (Å²) >= 11 is 1.52. The summed E-state index contributed by atoms with van der Waals surface area (Å²) in [5.74, 6) is -1.26. The number of nitrogens with zero attached hydrogens (tertiary/aromatic N) is 1. The number of H-pyrrole nitrogens is 1. The number of rotatable bonds is 2. The molecule has 2 aromatic rings. The van der Waals surface area contributed by atoms with Crippen molar-refractivity contribution in [1.29, 1.82) is 0 Å². The Morgan fingerprint density at radius 2 is 2.46 bits per heavy atom. The van der Waals surface area contributed by atoms with E-state index in [1.54, 1.807) is 0 Å². The fraction of sp³-hybridized carbons (Fsp3) is 0. The van der Waals surface area contributed by atoms with Gasteiger partial charge in [0.2, 0.25) is 0 Å². The van der Waals surface area contributed by atoms with Gasteiger partial charge >= 0.3 is 0 Å². The Bertz CT molecular complexity index is 419. The van der Waals surface area contributed by atoms with Crippen LogP contribution >= 0.6 is 11.3 Å². The quantitative estimate of drug-likeness (QED) is 0.755. The molecule has 4 nitrogen and oxygen atoms in total. The van der Waals surface area contributed by atoms with Gasteiger partial charge in [0, 0.05) is 0 Å². The number of aromatic amines is 1. The van der Waals surface area contributed by atoms with Crippen molar-refractivity contribution in [2.45, 2.75) is 0 Å². The lowest BCUT2D eigenvalue weighted by Crippen LogP contribution is -2.22. The van der Waals surface area contributed by atoms with Crippen molar-refractivity contribution in [1.82, 2.24) is 10.2 Å². The molecule has 0 aromatic carbocycles. The molecule has 2 aromatic heterocycles. The van der Waals surface area contributed by atoms with E-state index in [4.69, 9.17) is 0 Å². The summed E-state index contributed by atoms with van der Waals surface area (Å²) in [6.07, 6.45) is 0. The number of carboxylic acids is 1. The number of carbonyl (C=O) groups excluding carboxylic acids is 1. The van der Waals surface area contributed by atoms with Crippen LogP contribution in [-0.2, 0) is 0 Å². The molecule has 0 radical (unpaired) electrons. The highest BCUT2D eigenvalue weighted by molar-refractivity contribution is 7.13. The Hall–Kier alpha value is -1.62. The van der Waals surface area contributed by atoms with Crippen LogP contribution in [0, 0.1) is 0 Å². The van der Waals surface area contributed by atoms with Crippen molar-refractivity contribution in [2.24, 2.45) is 0 Å². The summed E-state index contributed by atoms with van der Waals surface area (Å²) in [7, 11) is 0. The molecule has 2 heterocycles. The smallest absolute Gasteiger partial charge is 0.108 e. The van der Waals surface area contributed by atoms with E-state index in [2.05, 4.69) is 10.2 Å². The van der Waals surface area contributed by atoms with Gasteiger partial charge in [-0.3, -0.25) is 5.10 Å². The van der Waals surface area contributed by atoms with Crippen LogP contribution in [0.1, 0.15) is 10.5 Å². The van der Waals surface area contributed by atoms with Gasteiger partial charge in [0.15, 0.2) is 0 Å². The van der Waals surface area contributed by atoms with Crippen LogP contribution in [0.2, 0.25) is 0 Å². The third-order valence-electron chi connectivity index (χ3n) is 1.57. The first-order chi connectivity index (χ1) is 6.27. The highest BCUT2D eigenvalue weighted by Gasteiger charge is 2.03. The van der Waals surface area contributed by atoms with E-state index in [1.165, 1.54) is 17.4 Å². The normalized spacial score (nSPS) is 10.2. The first kappa shape index (κ1) is 8.00. The topological polar surface area (TPSA) is 68.8 Å². The fourth-order valence-corrected chi connectivity index (χ4v) is 1.68. The van der Waals surface area contributed by atoms with E-state index < -0.39 is 5.97 Å². The Kier molecular flexibility index (Phi) is 1.86. The number of hydrogen-bond donors (Lipinski definition) is 1. The van der Waals surface area contributed by atoms with E-state index in [9.17, 15) is 9.90 Å². The van der Waals surface area contributed by atoms with Gasteiger partial charge in [-0.25, -0.2) is 0 Å². The molecule has 66 valence electrons. The Morgan fingerprint density at radius 3 is 3.00 bits per heavy atom. The van der Waals surface area contributed by atoms with Gasteiger partial charge in [-0.15, -0.1) is 11.3 Å². The fourth-order valence-electron chi connectivity index (χ4n) is 0.984. The molecule has 2 rings (SSSR count). The van der Waals surface area contributed by atoms with Crippen LogP contribution in [-0.4, -0.2) is 16.2 Å². The maximum Gasteiger partial charge on any atom is 0.108 e. The van der Waals surface area contributed by atoms with Crippen molar-refractivity contribution in [3.63, 3.8) is 0 Å². The Morgan fingerprint density at radius 1 is 1.62 bits per heavy atom. The number of aromatic nitrogens is 2. The third-order valence-corrected chi connectivity index (χ3v) is 2.48. The molecule has 0 spiro atoms. The van der Waals surface area contributed by atoms with Gasteiger partial charge in [0.25, 0.3) is 0 Å². The van der Waals surface area contributed by atoms with Crippen molar-refractivity contribution in [2.75, 3.05) is 0 Å². The highest BCUT2D eigenvalue weighted by Crippen LogP contribution is 2.22. The molecule has 1 N–H and O–H groups in total. The lowest BCUT2D eigenvalue weighted by molar-refractivity contribution is -0.255. The summed E-state index contributed by atoms with van der Waals surface area (Å²) in [6.45, 7) is 0. The molecule has 0 saturated heterocycles. The van der Waals surface area contributed by atoms with Crippen molar-refractivity contribution in [3.05, 3.63) is 29.3 Å². The van der Waals surface area contributed by atoms with Crippen LogP contribution < -0.4 is 5.11 Å². The number of carbonyl (C=O) groups is 1. The average molecular weight is 193 g/mol. The molecule has 0 unspecified atom stereocenters. The van der Waals surface area contributed by atoms with Gasteiger partial charge in [0.05, 0.1) is 16.5 Å². The predicted molar refractivity (Wildman–Crippen MR) is 46.2 cm³/mol. The molecule has 0 atom stereocenters. The van der Waals surface area contributed by atoms with Crippen molar-refractivity contribution >= 4 is 17.3 Å². The van der Waals surface area contributed by atoms with Gasteiger partial charge in [-0.2, -0.15) is 5.10 Å². The molecular weight excluding hydrogens is 188 g/mol. The van der Waals surface area contributed by atoms with Crippen LogP contribution in [0.4, 0.5) is 0 Å². The minimum absolute atomic E-state index is 0.0663. The molecule has 0 amide bonds. The highest BCUT2D eigenvalue weighted by atomic mass is 32.1. The molecule has 0 aliphatic heterocycles. The van der Waals surface area contributed by atoms with Crippen LogP contribution in [0.5, 0.6) is 0 Å². The zero-order chi connectivity index (χ0) is 9.26. The first-order valence-electron chi connectivity index (χ1n) is 3.58. The zero-order valence-electron chi connectivity index (χ0n) is 6.48. The van der Waals surface area contributed by atoms with Gasteiger partial charge in [0.1, 0.15) is 5.69 Å². The summed E-state index contributed by atoms with van der Waals surface area (Å²) in [5, 5.41) is 18.5. The summed E-state index contributed by atoms with van der Waals surface area (Å²) < 4.78 is 0. The molecule has 0 saturated carbocycles. The van der Waals surface area contributed by atoms with E-state index in [0.29, 0.717) is 5.69 Å². The first-order valence-corrected chi connectivity index (χ1v) is 4.46. The molecular formula is C8H5N2O2S-. The van der Waals surface area contributed by atoms with E-state index >= 15 is 0 Å². The lowest BCUT2D eigenvalue weighted by Gasteiger charge is -1.91. The monoisotopic (exact) mass is 193 g/mol. The van der Waals surface area contributed by atoms with E-state index in [0.717, 1.165) is 4.88 Å².